The minimum absolute atomic E-state index is 0.0285. The molecule has 3 unspecified atom stereocenters. The van der Waals surface area contributed by atoms with E-state index in [4.69, 9.17) is 14.2 Å². The number of ether oxygens (including phenoxy) is 3. The van der Waals surface area contributed by atoms with E-state index < -0.39 is 5.54 Å². The number of aliphatic hydroxyl groups is 1. The molecule has 2 aliphatic heterocycles. The van der Waals surface area contributed by atoms with Crippen LogP contribution in [0.15, 0.2) is 72.4 Å². The van der Waals surface area contributed by atoms with Crippen molar-refractivity contribution in [1.29, 1.82) is 0 Å². The van der Waals surface area contributed by atoms with Crippen LogP contribution in [0.5, 0.6) is 11.6 Å². The zero-order chi connectivity index (χ0) is 32.0. The molecule has 0 spiro atoms. The van der Waals surface area contributed by atoms with Crippen LogP contribution in [0.3, 0.4) is 0 Å². The SMILES string of the molecule is CC1C(N2NC(C)(C(C)(C)C)C=C2NC(=O)NCc2ccccc2Oc2ccnc(N3CCOCC3)n2)=CC=CC1OCCO. The van der Waals surface area contributed by atoms with Gasteiger partial charge in [0.25, 0.3) is 0 Å². The van der Waals surface area contributed by atoms with Crippen LogP contribution < -0.4 is 25.7 Å². The molecule has 1 aromatic carbocycles. The first kappa shape index (κ1) is 32.4. The quantitative estimate of drug-likeness (QED) is 0.311. The highest BCUT2D eigenvalue weighted by molar-refractivity contribution is 5.76. The maximum Gasteiger partial charge on any atom is 0.320 e. The highest BCUT2D eigenvalue weighted by atomic mass is 16.5. The number of benzene rings is 1. The van der Waals surface area contributed by atoms with Crippen LogP contribution in [-0.4, -0.2) is 77.3 Å². The fourth-order valence-electron chi connectivity index (χ4n) is 5.26. The lowest BCUT2D eigenvalue weighted by molar-refractivity contribution is 0.0241. The van der Waals surface area contributed by atoms with Gasteiger partial charge < -0.3 is 29.5 Å². The van der Waals surface area contributed by atoms with Gasteiger partial charge in [-0.1, -0.05) is 58.0 Å². The monoisotopic (exact) mass is 619 g/mol. The zero-order valence-electron chi connectivity index (χ0n) is 26.7. The molecule has 3 atom stereocenters. The lowest BCUT2D eigenvalue weighted by Gasteiger charge is -2.41. The lowest BCUT2D eigenvalue weighted by atomic mass is 9.76. The van der Waals surface area contributed by atoms with E-state index >= 15 is 0 Å². The fourth-order valence-corrected chi connectivity index (χ4v) is 5.26. The second-order valence-corrected chi connectivity index (χ2v) is 12.6. The van der Waals surface area contributed by atoms with Gasteiger partial charge in [-0.2, -0.15) is 4.98 Å². The maximum atomic E-state index is 13.4. The molecule has 242 valence electrons. The Kier molecular flexibility index (Phi) is 10.1. The normalized spacial score (nSPS) is 23.4. The first-order valence-electron chi connectivity index (χ1n) is 15.5. The molecule has 2 amide bonds. The van der Waals surface area contributed by atoms with E-state index in [0.29, 0.717) is 36.6 Å². The van der Waals surface area contributed by atoms with E-state index in [1.54, 1.807) is 12.3 Å². The Morgan fingerprint density at radius 1 is 1.22 bits per heavy atom. The molecule has 12 heteroatoms. The predicted octanol–water partition coefficient (Wildman–Crippen LogP) is 3.84. The minimum Gasteiger partial charge on any atom is -0.439 e. The lowest BCUT2D eigenvalue weighted by Crippen LogP contribution is -2.54. The summed E-state index contributed by atoms with van der Waals surface area (Å²) in [5.74, 6) is 2.21. The van der Waals surface area contributed by atoms with Gasteiger partial charge in [-0.3, -0.25) is 10.3 Å². The number of morpholine rings is 1. The number of anilines is 1. The number of urea groups is 1. The molecule has 1 aliphatic carbocycles. The van der Waals surface area contributed by atoms with E-state index in [-0.39, 0.29) is 43.2 Å². The van der Waals surface area contributed by atoms with Crippen LogP contribution in [0.2, 0.25) is 0 Å². The molecule has 1 fully saturated rings. The number of nitrogens with zero attached hydrogens (tertiary/aromatic N) is 4. The molecule has 3 heterocycles. The smallest absolute Gasteiger partial charge is 0.320 e. The van der Waals surface area contributed by atoms with E-state index in [2.05, 4.69) is 71.6 Å². The average Bonchev–Trinajstić information content (AvgIpc) is 3.37. The van der Waals surface area contributed by atoms with Crippen molar-refractivity contribution in [2.45, 2.75) is 52.8 Å². The van der Waals surface area contributed by atoms with Crippen LogP contribution in [-0.2, 0) is 16.0 Å². The van der Waals surface area contributed by atoms with Crippen molar-refractivity contribution in [3.63, 3.8) is 0 Å². The average molecular weight is 620 g/mol. The first-order valence-corrected chi connectivity index (χ1v) is 15.5. The maximum absolute atomic E-state index is 13.4. The Hall–Kier alpha value is -3.97. The van der Waals surface area contributed by atoms with Gasteiger partial charge in [0.05, 0.1) is 38.1 Å². The van der Waals surface area contributed by atoms with Gasteiger partial charge in [0.2, 0.25) is 11.8 Å². The Balaban J connectivity index is 1.27. The number of hydrogen-bond acceptors (Lipinski definition) is 10. The van der Waals surface area contributed by atoms with Crippen molar-refractivity contribution in [2.75, 3.05) is 44.4 Å². The number of carbonyl (C=O) groups excluding carboxylic acids is 1. The van der Waals surface area contributed by atoms with Crippen LogP contribution in [0.1, 0.15) is 40.2 Å². The van der Waals surface area contributed by atoms with E-state index in [9.17, 15) is 9.90 Å². The number of amides is 2. The van der Waals surface area contributed by atoms with Crippen molar-refractivity contribution in [1.82, 2.24) is 31.0 Å². The Morgan fingerprint density at radius 3 is 2.76 bits per heavy atom. The van der Waals surface area contributed by atoms with Crippen LogP contribution in [0.25, 0.3) is 0 Å². The standard InChI is InChI=1S/C33H45N7O5/c1-23-25(10-8-12-26(23)44-20-17-41)40-28(21-33(5,38-40)32(2,3)4)36-31(42)35-22-24-9-6-7-11-27(24)45-29-13-14-34-30(37-29)39-15-18-43-19-16-39/h6-14,21,23,26,38,41H,15-20,22H2,1-5H3,(H2,35,36,42). The van der Waals surface area contributed by atoms with Gasteiger partial charge in [0, 0.05) is 49.1 Å². The summed E-state index contributed by atoms with van der Waals surface area (Å²) in [7, 11) is 0. The summed E-state index contributed by atoms with van der Waals surface area (Å²) < 4.78 is 17.5. The summed E-state index contributed by atoms with van der Waals surface area (Å²) in [6.07, 6.45) is 9.48. The van der Waals surface area contributed by atoms with E-state index in [0.717, 1.165) is 24.4 Å². The second-order valence-electron chi connectivity index (χ2n) is 12.6. The van der Waals surface area contributed by atoms with Crippen molar-refractivity contribution < 1.29 is 24.1 Å². The summed E-state index contributed by atoms with van der Waals surface area (Å²) >= 11 is 0. The zero-order valence-corrected chi connectivity index (χ0v) is 26.7. The van der Waals surface area contributed by atoms with Gasteiger partial charge in [-0.05, 0) is 30.6 Å². The summed E-state index contributed by atoms with van der Waals surface area (Å²) in [6.45, 7) is 13.8. The van der Waals surface area contributed by atoms with Crippen molar-refractivity contribution in [3.8, 4) is 11.6 Å². The molecule has 0 saturated carbocycles. The van der Waals surface area contributed by atoms with Gasteiger partial charge in [0.15, 0.2) is 0 Å². The summed E-state index contributed by atoms with van der Waals surface area (Å²) in [5, 5.41) is 17.3. The van der Waals surface area contributed by atoms with Crippen molar-refractivity contribution >= 4 is 12.0 Å². The van der Waals surface area contributed by atoms with Crippen molar-refractivity contribution in [3.05, 3.63) is 77.9 Å². The summed E-state index contributed by atoms with van der Waals surface area (Å²) in [6, 6.07) is 8.91. The van der Waals surface area contributed by atoms with Gasteiger partial charge in [0.1, 0.15) is 11.6 Å². The van der Waals surface area contributed by atoms with Gasteiger partial charge in [-0.15, -0.1) is 0 Å². The molecule has 0 bridgehead atoms. The van der Waals surface area contributed by atoms with Gasteiger partial charge >= 0.3 is 6.03 Å². The number of rotatable bonds is 10. The van der Waals surface area contributed by atoms with Gasteiger partial charge in [-0.25, -0.2) is 15.2 Å². The molecule has 12 nitrogen and oxygen atoms in total. The number of para-hydroxylation sites is 1. The molecule has 2 aromatic rings. The molecule has 5 rings (SSSR count). The van der Waals surface area contributed by atoms with Crippen LogP contribution >= 0.6 is 0 Å². The third-order valence-electron chi connectivity index (χ3n) is 8.53. The third-order valence-corrected chi connectivity index (χ3v) is 8.53. The number of aliphatic hydroxyl groups excluding tert-OH is 1. The number of carbonyl (C=O) groups is 1. The highest BCUT2D eigenvalue weighted by Crippen LogP contribution is 2.39. The number of hydrazine groups is 1. The molecule has 1 aromatic heterocycles. The molecular formula is C33H45N7O5. The van der Waals surface area contributed by atoms with E-state index in [1.165, 1.54) is 0 Å². The summed E-state index contributed by atoms with van der Waals surface area (Å²) in [5.41, 5.74) is 4.76. The predicted molar refractivity (Wildman–Crippen MR) is 171 cm³/mol. The minimum atomic E-state index is -0.448. The van der Waals surface area contributed by atoms with Crippen molar-refractivity contribution in [2.24, 2.45) is 11.3 Å². The first-order chi connectivity index (χ1) is 21.6. The highest BCUT2D eigenvalue weighted by Gasteiger charge is 2.45. The van der Waals surface area contributed by atoms with E-state index in [1.807, 2.05) is 47.5 Å². The number of aromatic nitrogens is 2. The molecule has 45 heavy (non-hydrogen) atoms. The largest absolute Gasteiger partial charge is 0.439 e. The Morgan fingerprint density at radius 2 is 2.00 bits per heavy atom. The molecular weight excluding hydrogens is 574 g/mol. The Bertz CT molecular complexity index is 1430. The Labute approximate surface area is 265 Å². The second kappa shape index (κ2) is 14.0. The van der Waals surface area contributed by atoms with Crippen LogP contribution in [0, 0.1) is 11.3 Å². The molecule has 3 aliphatic rings. The number of hydrogen-bond donors (Lipinski definition) is 4. The molecule has 4 N–H and O–H groups in total. The third kappa shape index (κ3) is 7.64. The number of nitrogens with one attached hydrogen (secondary N) is 3. The summed E-state index contributed by atoms with van der Waals surface area (Å²) in [4.78, 5) is 24.4. The van der Waals surface area contributed by atoms with Crippen LogP contribution in [0.4, 0.5) is 10.7 Å². The molecule has 0 radical (unpaired) electrons. The number of allylic oxidation sites excluding steroid dienone is 2. The topological polar surface area (TPSA) is 133 Å². The molecule has 1 saturated heterocycles. The fraction of sp³-hybridized carbons (Fsp3) is 0.485.